The van der Waals surface area contributed by atoms with Crippen LogP contribution in [0.1, 0.15) is 23.6 Å². The fourth-order valence-electron chi connectivity index (χ4n) is 3.00. The number of thiazole rings is 1. The molecule has 4 rings (SSSR count). The van der Waals surface area contributed by atoms with E-state index >= 15 is 0 Å². The highest BCUT2D eigenvalue weighted by atomic mass is 35.5. The van der Waals surface area contributed by atoms with Gasteiger partial charge >= 0.3 is 4.87 Å². The summed E-state index contributed by atoms with van der Waals surface area (Å²) >= 11 is 6.78. The van der Waals surface area contributed by atoms with Gasteiger partial charge in [-0.15, -0.1) is 4.91 Å². The van der Waals surface area contributed by atoms with Crippen LogP contribution in [0.3, 0.4) is 0 Å². The number of benzene rings is 2. The number of anilines is 1. The number of aromatic amines is 1. The molecule has 6 nitrogen and oxygen atoms in total. The van der Waals surface area contributed by atoms with Gasteiger partial charge in [0.25, 0.3) is 0 Å². The molecule has 0 bridgehead atoms. The third-order valence-electron chi connectivity index (χ3n) is 4.20. The van der Waals surface area contributed by atoms with Crippen molar-refractivity contribution in [2.45, 2.75) is 12.5 Å². The van der Waals surface area contributed by atoms with Crippen molar-refractivity contribution in [3.63, 3.8) is 0 Å². The minimum Gasteiger partial charge on any atom is -0.296 e. The van der Waals surface area contributed by atoms with Gasteiger partial charge in [0.1, 0.15) is 0 Å². The molecular formula is C18H13ClN4O2S. The maximum absolute atomic E-state index is 11.7. The zero-order chi connectivity index (χ0) is 18.1. The van der Waals surface area contributed by atoms with Crippen LogP contribution >= 0.6 is 22.9 Å². The van der Waals surface area contributed by atoms with Crippen molar-refractivity contribution < 1.29 is 0 Å². The van der Waals surface area contributed by atoms with Gasteiger partial charge in [0.2, 0.25) is 5.00 Å². The van der Waals surface area contributed by atoms with Gasteiger partial charge in [0.05, 0.1) is 11.8 Å². The van der Waals surface area contributed by atoms with Crippen LogP contribution in [0.2, 0.25) is 5.02 Å². The van der Waals surface area contributed by atoms with Crippen LogP contribution in [0.25, 0.3) is 0 Å². The molecule has 1 unspecified atom stereocenters. The van der Waals surface area contributed by atoms with Crippen LogP contribution in [0.4, 0.5) is 10.8 Å². The summed E-state index contributed by atoms with van der Waals surface area (Å²) in [5.74, 6) is 0.320. The summed E-state index contributed by atoms with van der Waals surface area (Å²) in [5, 5.41) is 10.1. The molecule has 2 heterocycles. The van der Waals surface area contributed by atoms with Crippen LogP contribution in [0, 0.1) is 4.91 Å². The van der Waals surface area contributed by atoms with E-state index in [1.54, 1.807) is 5.01 Å². The van der Waals surface area contributed by atoms with Crippen LogP contribution in [-0.2, 0) is 0 Å². The molecule has 0 radical (unpaired) electrons. The molecule has 1 aliphatic heterocycles. The fourth-order valence-corrected chi connectivity index (χ4v) is 3.72. The van der Waals surface area contributed by atoms with E-state index in [-0.39, 0.29) is 15.9 Å². The predicted molar refractivity (Wildman–Crippen MR) is 105 cm³/mol. The number of nitrogens with zero attached hydrogens (tertiary/aromatic N) is 3. The Morgan fingerprint density at radius 3 is 2.58 bits per heavy atom. The smallest absolute Gasteiger partial charge is 0.296 e. The molecular weight excluding hydrogens is 372 g/mol. The van der Waals surface area contributed by atoms with E-state index in [0.717, 1.165) is 28.2 Å². The van der Waals surface area contributed by atoms with Crippen molar-refractivity contribution in [1.29, 1.82) is 0 Å². The van der Waals surface area contributed by atoms with E-state index in [1.165, 1.54) is 0 Å². The molecule has 0 saturated carbocycles. The summed E-state index contributed by atoms with van der Waals surface area (Å²) in [6.45, 7) is 0. The van der Waals surface area contributed by atoms with Gasteiger partial charge in [-0.25, -0.2) is 5.01 Å². The summed E-state index contributed by atoms with van der Waals surface area (Å²) in [7, 11) is 0. The molecule has 0 aliphatic carbocycles. The van der Waals surface area contributed by atoms with Crippen molar-refractivity contribution in [2.24, 2.45) is 10.3 Å². The second-order valence-corrected chi connectivity index (χ2v) is 7.19. The molecule has 0 amide bonds. The van der Waals surface area contributed by atoms with Crippen molar-refractivity contribution in [3.05, 3.63) is 85.3 Å². The zero-order valence-corrected chi connectivity index (χ0v) is 15.0. The molecule has 2 aromatic carbocycles. The summed E-state index contributed by atoms with van der Waals surface area (Å²) in [6.07, 6.45) is 0.627. The van der Waals surface area contributed by atoms with Gasteiger partial charge in [0.15, 0.2) is 5.82 Å². The van der Waals surface area contributed by atoms with Gasteiger partial charge in [-0.2, -0.15) is 5.10 Å². The minimum atomic E-state index is -0.340. The van der Waals surface area contributed by atoms with E-state index in [4.69, 9.17) is 11.6 Å². The van der Waals surface area contributed by atoms with E-state index in [2.05, 4.69) is 15.3 Å². The third-order valence-corrected chi connectivity index (χ3v) is 5.20. The Labute approximate surface area is 157 Å². The highest BCUT2D eigenvalue weighted by Crippen LogP contribution is 2.40. The largest absolute Gasteiger partial charge is 0.308 e. The maximum Gasteiger partial charge on any atom is 0.308 e. The zero-order valence-electron chi connectivity index (χ0n) is 13.4. The van der Waals surface area contributed by atoms with Crippen molar-refractivity contribution in [3.8, 4) is 0 Å². The average Bonchev–Trinajstić information content (AvgIpc) is 3.26. The van der Waals surface area contributed by atoms with E-state index in [1.807, 2.05) is 54.6 Å². The van der Waals surface area contributed by atoms with Gasteiger partial charge in [-0.05, 0) is 39.8 Å². The summed E-state index contributed by atoms with van der Waals surface area (Å²) in [5.41, 5.74) is 2.84. The average molecular weight is 385 g/mol. The van der Waals surface area contributed by atoms with Crippen LogP contribution < -0.4 is 9.88 Å². The number of nitrogens with one attached hydrogen (secondary N) is 1. The lowest BCUT2D eigenvalue weighted by Gasteiger charge is -2.22. The molecule has 1 N–H and O–H groups in total. The highest BCUT2D eigenvalue weighted by Gasteiger charge is 2.33. The van der Waals surface area contributed by atoms with Gasteiger partial charge < -0.3 is 0 Å². The molecule has 3 aromatic rings. The molecule has 0 saturated heterocycles. The molecule has 1 aromatic heterocycles. The first-order valence-corrected chi connectivity index (χ1v) is 9.09. The van der Waals surface area contributed by atoms with Gasteiger partial charge in [-0.1, -0.05) is 54.1 Å². The Kier molecular flexibility index (Phi) is 4.40. The summed E-state index contributed by atoms with van der Waals surface area (Å²) in [4.78, 5) is 25.2. The van der Waals surface area contributed by atoms with E-state index in [9.17, 15) is 9.70 Å². The SMILES string of the molecule is O=Nc1sc(=O)[nH]c1N1N=C(c2ccccc2)CC1c1ccc(Cl)cc1. The second-order valence-electron chi connectivity index (χ2n) is 5.79. The normalized spacial score (nSPS) is 16.6. The number of hydrogen-bond donors (Lipinski definition) is 1. The van der Waals surface area contributed by atoms with Crippen molar-refractivity contribution in [2.75, 3.05) is 5.01 Å². The number of H-pyrrole nitrogens is 1. The van der Waals surface area contributed by atoms with Gasteiger partial charge in [0, 0.05) is 11.4 Å². The summed E-state index contributed by atoms with van der Waals surface area (Å²) in [6, 6.07) is 17.1. The predicted octanol–water partition coefficient (Wildman–Crippen LogP) is 4.84. The van der Waals surface area contributed by atoms with Crippen LogP contribution in [-0.4, -0.2) is 10.7 Å². The Hall–Kier alpha value is -2.77. The number of aromatic nitrogens is 1. The quantitative estimate of drug-likeness (QED) is 0.653. The topological polar surface area (TPSA) is 77.9 Å². The monoisotopic (exact) mass is 384 g/mol. The number of rotatable bonds is 4. The molecule has 0 fully saturated rings. The molecule has 26 heavy (non-hydrogen) atoms. The molecule has 1 aliphatic rings. The number of hydrogen-bond acceptors (Lipinski definition) is 6. The molecule has 8 heteroatoms. The second kappa shape index (κ2) is 6.86. The minimum absolute atomic E-state index is 0.0898. The maximum atomic E-state index is 11.7. The van der Waals surface area contributed by atoms with Crippen LogP contribution in [0.5, 0.6) is 0 Å². The number of hydrazone groups is 1. The lowest BCUT2D eigenvalue weighted by molar-refractivity contribution is 0.700. The van der Waals surface area contributed by atoms with Gasteiger partial charge in [-0.3, -0.25) is 9.78 Å². The van der Waals surface area contributed by atoms with Crippen molar-refractivity contribution >= 4 is 39.5 Å². The molecule has 1 atom stereocenters. The molecule has 0 spiro atoms. The first-order valence-electron chi connectivity index (χ1n) is 7.90. The standard InChI is InChI=1S/C18H13ClN4O2S/c19-13-8-6-12(7-9-13)15-10-14(11-4-2-1-3-5-11)21-23(15)16-17(22-25)26-18(24)20-16/h1-9,15H,10H2,(H,20,24). The lowest BCUT2D eigenvalue weighted by Crippen LogP contribution is -2.19. The Morgan fingerprint density at radius 1 is 1.15 bits per heavy atom. The highest BCUT2D eigenvalue weighted by molar-refractivity contribution is 7.13. The Morgan fingerprint density at radius 2 is 1.88 bits per heavy atom. The Balaban J connectivity index is 1.81. The first kappa shape index (κ1) is 16.7. The van der Waals surface area contributed by atoms with E-state index < -0.39 is 0 Å². The molecule has 130 valence electrons. The van der Waals surface area contributed by atoms with Crippen molar-refractivity contribution in [1.82, 2.24) is 4.98 Å². The third kappa shape index (κ3) is 3.07. The fraction of sp³-hybridized carbons (Fsp3) is 0.111. The number of nitroso groups, excluding NO2 is 1. The first-order chi connectivity index (χ1) is 12.7. The Bertz CT molecular complexity index is 1030. The number of halogens is 1. The van der Waals surface area contributed by atoms with E-state index in [0.29, 0.717) is 17.3 Å². The lowest BCUT2D eigenvalue weighted by atomic mass is 9.98. The summed E-state index contributed by atoms with van der Waals surface area (Å²) < 4.78 is 0. The van der Waals surface area contributed by atoms with Crippen LogP contribution in [0.15, 0.2) is 69.7 Å².